The molecule has 6 heteroatoms. The SMILES string of the molecule is C=CCO/N=C(\CCC)C1=C([O-])C(C(=O)OC)C(C)(C)CC1=O. The van der Waals surface area contributed by atoms with Gasteiger partial charge >= 0.3 is 5.97 Å². The summed E-state index contributed by atoms with van der Waals surface area (Å²) < 4.78 is 4.75. The summed E-state index contributed by atoms with van der Waals surface area (Å²) >= 11 is 0. The third kappa shape index (κ3) is 4.21. The molecule has 0 spiro atoms. The quantitative estimate of drug-likeness (QED) is 0.234. The minimum absolute atomic E-state index is 0.0364. The van der Waals surface area contributed by atoms with Crippen molar-refractivity contribution in [2.45, 2.75) is 40.0 Å². The molecule has 1 rings (SSSR count). The Kier molecular flexibility index (Phi) is 6.54. The van der Waals surface area contributed by atoms with Gasteiger partial charge in [-0.1, -0.05) is 45.0 Å². The van der Waals surface area contributed by atoms with Crippen molar-refractivity contribution in [3.05, 3.63) is 24.0 Å². The number of hydrogen-bond donors (Lipinski definition) is 0. The first-order valence-electron chi connectivity index (χ1n) is 7.62. The second-order valence-electron chi connectivity index (χ2n) is 6.16. The summed E-state index contributed by atoms with van der Waals surface area (Å²) in [4.78, 5) is 29.5. The average molecular weight is 322 g/mol. The number of nitrogens with zero attached hydrogens (tertiary/aromatic N) is 1. The fourth-order valence-electron chi connectivity index (χ4n) is 2.71. The number of rotatable bonds is 7. The predicted molar refractivity (Wildman–Crippen MR) is 84.4 cm³/mol. The van der Waals surface area contributed by atoms with E-state index in [9.17, 15) is 14.7 Å². The van der Waals surface area contributed by atoms with Crippen LogP contribution >= 0.6 is 0 Å². The van der Waals surface area contributed by atoms with Crippen molar-refractivity contribution in [2.24, 2.45) is 16.5 Å². The molecule has 6 nitrogen and oxygen atoms in total. The topological polar surface area (TPSA) is 88.0 Å². The second-order valence-corrected chi connectivity index (χ2v) is 6.16. The zero-order valence-electron chi connectivity index (χ0n) is 14.2. The molecule has 1 atom stereocenters. The van der Waals surface area contributed by atoms with Gasteiger partial charge in [-0.15, -0.1) is 5.76 Å². The van der Waals surface area contributed by atoms with Gasteiger partial charge < -0.3 is 14.7 Å². The highest BCUT2D eigenvalue weighted by Gasteiger charge is 2.43. The molecule has 0 aromatic carbocycles. The van der Waals surface area contributed by atoms with Gasteiger partial charge in [-0.2, -0.15) is 0 Å². The summed E-state index contributed by atoms with van der Waals surface area (Å²) in [5.74, 6) is -2.49. The van der Waals surface area contributed by atoms with Gasteiger partial charge in [0.1, 0.15) is 6.61 Å². The van der Waals surface area contributed by atoms with Crippen LogP contribution in [0.4, 0.5) is 0 Å². The number of hydrogen-bond acceptors (Lipinski definition) is 6. The standard InChI is InChI=1S/C17H25NO5/c1-6-8-11(18-23-9-7-2)13-12(19)10-17(3,4)14(15(13)20)16(21)22-5/h7,14,20H,2,6,8-10H2,1,3-5H3/p-1/b18-11+. The number of carbonyl (C=O) groups excluding carboxylic acids is 2. The lowest BCUT2D eigenvalue weighted by molar-refractivity contribution is -0.321. The maximum atomic E-state index is 12.8. The molecule has 0 fully saturated rings. The Hall–Kier alpha value is -2.11. The second kappa shape index (κ2) is 7.94. The van der Waals surface area contributed by atoms with E-state index in [1.807, 2.05) is 6.92 Å². The number of Topliss-reactive ketones (excluding diaryl/α,β-unsaturated/α-hetero) is 1. The van der Waals surface area contributed by atoms with Gasteiger partial charge in [-0.25, -0.2) is 0 Å². The van der Waals surface area contributed by atoms with Crippen molar-refractivity contribution in [1.82, 2.24) is 0 Å². The summed E-state index contributed by atoms with van der Waals surface area (Å²) in [6.45, 7) is 9.03. The highest BCUT2D eigenvalue weighted by Crippen LogP contribution is 2.41. The first-order valence-corrected chi connectivity index (χ1v) is 7.62. The average Bonchev–Trinajstić information content (AvgIpc) is 2.45. The van der Waals surface area contributed by atoms with E-state index in [0.717, 1.165) is 0 Å². The first-order chi connectivity index (χ1) is 10.8. The summed E-state index contributed by atoms with van der Waals surface area (Å²) in [6, 6.07) is 0. The Morgan fingerprint density at radius 3 is 2.70 bits per heavy atom. The number of carbonyl (C=O) groups is 2. The zero-order valence-corrected chi connectivity index (χ0v) is 14.2. The number of methoxy groups -OCH3 is 1. The van der Waals surface area contributed by atoms with E-state index in [1.54, 1.807) is 13.8 Å². The fraction of sp³-hybridized carbons (Fsp3) is 0.588. The molecule has 0 aromatic rings. The third-order valence-electron chi connectivity index (χ3n) is 3.76. The first kappa shape index (κ1) is 18.9. The molecule has 1 aliphatic rings. The molecular formula is C17H24NO5-. The molecule has 0 N–H and O–H groups in total. The third-order valence-corrected chi connectivity index (χ3v) is 3.76. The molecule has 0 amide bonds. The lowest BCUT2D eigenvalue weighted by Crippen LogP contribution is -2.45. The minimum Gasteiger partial charge on any atom is -0.874 e. The molecule has 0 aromatic heterocycles. The Balaban J connectivity index is 3.37. The smallest absolute Gasteiger partial charge is 0.312 e. The van der Waals surface area contributed by atoms with E-state index in [4.69, 9.17) is 9.57 Å². The van der Waals surface area contributed by atoms with E-state index in [1.165, 1.54) is 13.2 Å². The van der Waals surface area contributed by atoms with Crippen LogP contribution in [0.5, 0.6) is 0 Å². The van der Waals surface area contributed by atoms with Gasteiger partial charge in [-0.3, -0.25) is 9.59 Å². The van der Waals surface area contributed by atoms with E-state index >= 15 is 0 Å². The van der Waals surface area contributed by atoms with Crippen LogP contribution in [0.15, 0.2) is 29.1 Å². The van der Waals surface area contributed by atoms with Gasteiger partial charge in [0.25, 0.3) is 0 Å². The normalized spacial score (nSPS) is 21.1. The Bertz CT molecular complexity index is 545. The van der Waals surface area contributed by atoms with E-state index < -0.39 is 23.1 Å². The molecule has 0 radical (unpaired) electrons. The molecule has 0 aliphatic heterocycles. The van der Waals surface area contributed by atoms with Gasteiger partial charge in [0.2, 0.25) is 0 Å². The molecule has 23 heavy (non-hydrogen) atoms. The Morgan fingerprint density at radius 2 is 2.17 bits per heavy atom. The van der Waals surface area contributed by atoms with Crippen molar-refractivity contribution in [1.29, 1.82) is 0 Å². The van der Waals surface area contributed by atoms with Gasteiger partial charge in [0.15, 0.2) is 5.78 Å². The summed E-state index contributed by atoms with van der Waals surface area (Å²) in [6.07, 6.45) is 2.70. The van der Waals surface area contributed by atoms with Crippen molar-refractivity contribution in [3.63, 3.8) is 0 Å². The number of oxime groups is 1. The molecule has 1 aliphatic carbocycles. The van der Waals surface area contributed by atoms with Crippen LogP contribution in [0.25, 0.3) is 0 Å². The molecule has 128 valence electrons. The van der Waals surface area contributed by atoms with Crippen LogP contribution in [-0.4, -0.2) is 31.2 Å². The van der Waals surface area contributed by atoms with Crippen LogP contribution < -0.4 is 5.11 Å². The molecule has 0 heterocycles. The van der Waals surface area contributed by atoms with Crippen molar-refractivity contribution in [3.8, 4) is 0 Å². The highest BCUT2D eigenvalue weighted by molar-refractivity contribution is 6.23. The summed E-state index contributed by atoms with van der Waals surface area (Å²) in [5, 5.41) is 16.7. The van der Waals surface area contributed by atoms with Crippen LogP contribution in [-0.2, 0) is 19.2 Å². The largest absolute Gasteiger partial charge is 0.874 e. The van der Waals surface area contributed by atoms with E-state index in [-0.39, 0.29) is 30.1 Å². The fourth-order valence-corrected chi connectivity index (χ4v) is 2.71. The minimum atomic E-state index is -1.01. The Labute approximate surface area is 136 Å². The number of esters is 1. The zero-order chi connectivity index (χ0) is 17.6. The number of ketones is 1. The molecule has 0 saturated heterocycles. The lowest BCUT2D eigenvalue weighted by atomic mass is 9.67. The van der Waals surface area contributed by atoms with Gasteiger partial charge in [0.05, 0.1) is 18.7 Å². The maximum absolute atomic E-state index is 12.8. The van der Waals surface area contributed by atoms with Crippen molar-refractivity contribution < 1.29 is 24.3 Å². The summed E-state index contributed by atoms with van der Waals surface area (Å²) in [5.41, 5.74) is -0.538. The molecular weight excluding hydrogens is 298 g/mol. The number of allylic oxidation sites excluding steroid dienone is 1. The molecule has 0 bridgehead atoms. The van der Waals surface area contributed by atoms with Crippen LogP contribution in [0, 0.1) is 11.3 Å². The Morgan fingerprint density at radius 1 is 1.52 bits per heavy atom. The van der Waals surface area contributed by atoms with Crippen molar-refractivity contribution in [2.75, 3.05) is 13.7 Å². The predicted octanol–water partition coefficient (Wildman–Crippen LogP) is 1.75. The van der Waals surface area contributed by atoms with Gasteiger partial charge in [-0.05, 0) is 11.8 Å². The number of ether oxygens (including phenoxy) is 1. The molecule has 1 unspecified atom stereocenters. The molecule has 0 saturated carbocycles. The van der Waals surface area contributed by atoms with Crippen LogP contribution in [0.1, 0.15) is 40.0 Å². The maximum Gasteiger partial charge on any atom is 0.312 e. The van der Waals surface area contributed by atoms with Crippen molar-refractivity contribution >= 4 is 17.5 Å². The van der Waals surface area contributed by atoms with E-state index in [0.29, 0.717) is 12.8 Å². The van der Waals surface area contributed by atoms with Gasteiger partial charge in [0, 0.05) is 12.0 Å². The van der Waals surface area contributed by atoms with Crippen LogP contribution in [0.3, 0.4) is 0 Å². The van der Waals surface area contributed by atoms with Crippen LogP contribution in [0.2, 0.25) is 0 Å². The monoisotopic (exact) mass is 322 g/mol. The van der Waals surface area contributed by atoms with E-state index in [2.05, 4.69) is 11.7 Å². The lowest BCUT2D eigenvalue weighted by Gasteiger charge is -2.41. The highest BCUT2D eigenvalue weighted by atomic mass is 16.6. The summed E-state index contributed by atoms with van der Waals surface area (Å²) in [7, 11) is 1.23.